The van der Waals surface area contributed by atoms with Crippen LogP contribution in [-0.4, -0.2) is 16.3 Å². The van der Waals surface area contributed by atoms with Crippen molar-refractivity contribution in [1.29, 1.82) is 0 Å². The highest BCUT2D eigenvalue weighted by atomic mass is 19.4. The molecule has 0 spiro atoms. The van der Waals surface area contributed by atoms with Gasteiger partial charge in [0.15, 0.2) is 5.60 Å². The van der Waals surface area contributed by atoms with E-state index in [-0.39, 0.29) is 5.75 Å². The van der Waals surface area contributed by atoms with E-state index in [9.17, 15) is 13.2 Å². The zero-order chi connectivity index (χ0) is 18.2. The molecule has 3 aromatic rings. The third-order valence-corrected chi connectivity index (χ3v) is 4.34. The SMILES string of the molecule is Cc1cc2c(OC(C)(C)C(F)(F)F)cccc2n1Cc1ccccc1. The first kappa shape index (κ1) is 17.4. The van der Waals surface area contributed by atoms with Crippen molar-refractivity contribution in [2.24, 2.45) is 0 Å². The Morgan fingerprint density at radius 1 is 0.960 bits per heavy atom. The van der Waals surface area contributed by atoms with Gasteiger partial charge in [-0.2, -0.15) is 13.2 Å². The maximum absolute atomic E-state index is 13.2. The summed E-state index contributed by atoms with van der Waals surface area (Å²) in [6.07, 6.45) is -4.45. The fourth-order valence-corrected chi connectivity index (χ4v) is 2.79. The second-order valence-electron chi connectivity index (χ2n) is 6.66. The number of ether oxygens (including phenoxy) is 1. The molecule has 5 heteroatoms. The van der Waals surface area contributed by atoms with Crippen LogP contribution < -0.4 is 4.74 Å². The van der Waals surface area contributed by atoms with Gasteiger partial charge in [0.25, 0.3) is 0 Å². The van der Waals surface area contributed by atoms with Gasteiger partial charge in [0.1, 0.15) is 5.75 Å². The van der Waals surface area contributed by atoms with Crippen molar-refractivity contribution in [2.75, 3.05) is 0 Å². The molecule has 0 saturated heterocycles. The first-order valence-corrected chi connectivity index (χ1v) is 8.07. The molecule has 25 heavy (non-hydrogen) atoms. The summed E-state index contributed by atoms with van der Waals surface area (Å²) < 4.78 is 46.9. The first-order chi connectivity index (χ1) is 11.7. The molecule has 3 rings (SSSR count). The molecule has 132 valence electrons. The quantitative estimate of drug-likeness (QED) is 0.589. The van der Waals surface area contributed by atoms with E-state index >= 15 is 0 Å². The topological polar surface area (TPSA) is 14.2 Å². The molecule has 0 aliphatic carbocycles. The molecule has 0 N–H and O–H groups in total. The molecule has 2 nitrogen and oxygen atoms in total. The molecule has 2 aromatic carbocycles. The Hall–Kier alpha value is -2.43. The number of nitrogens with zero attached hydrogens (tertiary/aromatic N) is 1. The largest absolute Gasteiger partial charge is 0.478 e. The lowest BCUT2D eigenvalue weighted by Crippen LogP contribution is -2.44. The molecule has 0 unspecified atom stereocenters. The molecular formula is C20H20F3NO. The van der Waals surface area contributed by atoms with Crippen molar-refractivity contribution in [3.63, 3.8) is 0 Å². The van der Waals surface area contributed by atoms with Gasteiger partial charge in [-0.3, -0.25) is 0 Å². The van der Waals surface area contributed by atoms with E-state index < -0.39 is 11.8 Å². The molecule has 0 aliphatic rings. The van der Waals surface area contributed by atoms with Gasteiger partial charge in [0.05, 0.1) is 5.52 Å². The number of fused-ring (bicyclic) bond motifs is 1. The van der Waals surface area contributed by atoms with E-state index in [0.717, 1.165) is 30.6 Å². The highest BCUT2D eigenvalue weighted by Crippen LogP contribution is 2.37. The molecule has 0 atom stereocenters. The Balaban J connectivity index is 2.02. The van der Waals surface area contributed by atoms with Crippen LogP contribution in [0.3, 0.4) is 0 Å². The van der Waals surface area contributed by atoms with Gasteiger partial charge < -0.3 is 9.30 Å². The Kier molecular flexibility index (Phi) is 4.27. The Bertz CT molecular complexity index is 879. The van der Waals surface area contributed by atoms with Crippen LogP contribution in [-0.2, 0) is 6.54 Å². The Morgan fingerprint density at radius 3 is 2.28 bits per heavy atom. The van der Waals surface area contributed by atoms with Gasteiger partial charge in [-0.1, -0.05) is 36.4 Å². The number of aryl methyl sites for hydroxylation is 1. The Morgan fingerprint density at radius 2 is 1.64 bits per heavy atom. The van der Waals surface area contributed by atoms with Crippen molar-refractivity contribution in [2.45, 2.75) is 39.1 Å². The zero-order valence-corrected chi connectivity index (χ0v) is 14.4. The van der Waals surface area contributed by atoms with Crippen molar-refractivity contribution >= 4 is 10.9 Å². The average molecular weight is 347 g/mol. The van der Waals surface area contributed by atoms with Crippen molar-refractivity contribution in [3.05, 3.63) is 65.9 Å². The van der Waals surface area contributed by atoms with Gasteiger partial charge >= 0.3 is 6.18 Å². The number of rotatable bonds is 4. The van der Waals surface area contributed by atoms with Crippen LogP contribution in [0.25, 0.3) is 10.9 Å². The summed E-state index contributed by atoms with van der Waals surface area (Å²) in [6.45, 7) is 4.68. The molecule has 0 fully saturated rings. The van der Waals surface area contributed by atoms with Crippen LogP contribution in [0, 0.1) is 6.92 Å². The smallest absolute Gasteiger partial charge is 0.427 e. The first-order valence-electron chi connectivity index (χ1n) is 8.07. The summed E-state index contributed by atoms with van der Waals surface area (Å²) in [5.74, 6) is 0.245. The molecular weight excluding hydrogens is 327 g/mol. The summed E-state index contributed by atoms with van der Waals surface area (Å²) in [7, 11) is 0. The lowest BCUT2D eigenvalue weighted by Gasteiger charge is -2.29. The van der Waals surface area contributed by atoms with Crippen molar-refractivity contribution in [3.8, 4) is 5.75 Å². The van der Waals surface area contributed by atoms with Gasteiger partial charge in [-0.05, 0) is 44.5 Å². The van der Waals surface area contributed by atoms with Crippen LogP contribution >= 0.6 is 0 Å². The third-order valence-electron chi connectivity index (χ3n) is 4.34. The second-order valence-corrected chi connectivity index (χ2v) is 6.66. The minimum Gasteiger partial charge on any atom is -0.478 e. The van der Waals surface area contributed by atoms with Crippen molar-refractivity contribution < 1.29 is 17.9 Å². The fraction of sp³-hybridized carbons (Fsp3) is 0.300. The van der Waals surface area contributed by atoms with Crippen LogP contribution in [0.1, 0.15) is 25.1 Å². The second kappa shape index (κ2) is 6.14. The average Bonchev–Trinajstić information content (AvgIpc) is 2.84. The van der Waals surface area contributed by atoms with E-state index in [1.807, 2.05) is 49.4 Å². The van der Waals surface area contributed by atoms with Gasteiger partial charge in [-0.15, -0.1) is 0 Å². The lowest BCUT2D eigenvalue weighted by atomic mass is 10.1. The summed E-state index contributed by atoms with van der Waals surface area (Å²) >= 11 is 0. The standard InChI is InChI=1S/C20H20F3NO/c1-14-12-16-17(24(14)13-15-8-5-4-6-9-15)10-7-11-18(16)25-19(2,3)20(21,22)23/h4-12H,13H2,1-3H3. The number of aromatic nitrogens is 1. The summed E-state index contributed by atoms with van der Waals surface area (Å²) in [5, 5.41) is 0.688. The highest BCUT2D eigenvalue weighted by molar-refractivity contribution is 5.87. The lowest BCUT2D eigenvalue weighted by molar-refractivity contribution is -0.234. The normalized spacial score (nSPS) is 12.6. The number of benzene rings is 2. The summed E-state index contributed by atoms with van der Waals surface area (Å²) in [4.78, 5) is 0. The van der Waals surface area contributed by atoms with Gasteiger partial charge in [0, 0.05) is 17.6 Å². The molecule has 1 aromatic heterocycles. The van der Waals surface area contributed by atoms with E-state index in [0.29, 0.717) is 11.9 Å². The minimum atomic E-state index is -4.45. The van der Waals surface area contributed by atoms with E-state index in [1.54, 1.807) is 12.1 Å². The van der Waals surface area contributed by atoms with Crippen LogP contribution in [0.2, 0.25) is 0 Å². The molecule has 0 saturated carbocycles. The summed E-state index contributed by atoms with van der Waals surface area (Å²) in [5.41, 5.74) is 0.707. The van der Waals surface area contributed by atoms with Crippen LogP contribution in [0.4, 0.5) is 13.2 Å². The zero-order valence-electron chi connectivity index (χ0n) is 14.4. The van der Waals surface area contributed by atoms with E-state index in [4.69, 9.17) is 4.74 Å². The maximum atomic E-state index is 13.2. The molecule has 0 bridgehead atoms. The van der Waals surface area contributed by atoms with Gasteiger partial charge in [0.2, 0.25) is 0 Å². The number of alkyl halides is 3. The molecule has 1 heterocycles. The summed E-state index contributed by atoms with van der Waals surface area (Å²) in [6, 6.07) is 17.0. The number of halogens is 3. The van der Waals surface area contributed by atoms with Gasteiger partial charge in [-0.25, -0.2) is 0 Å². The number of hydrogen-bond acceptors (Lipinski definition) is 1. The fourth-order valence-electron chi connectivity index (χ4n) is 2.79. The van der Waals surface area contributed by atoms with Crippen LogP contribution in [0.15, 0.2) is 54.6 Å². The minimum absolute atomic E-state index is 0.245. The monoisotopic (exact) mass is 347 g/mol. The molecule has 0 aliphatic heterocycles. The number of hydrogen-bond donors (Lipinski definition) is 0. The molecule has 0 radical (unpaired) electrons. The van der Waals surface area contributed by atoms with Crippen LogP contribution in [0.5, 0.6) is 5.75 Å². The van der Waals surface area contributed by atoms with Crippen molar-refractivity contribution in [1.82, 2.24) is 4.57 Å². The molecule has 0 amide bonds. The van der Waals surface area contributed by atoms with E-state index in [2.05, 4.69) is 4.57 Å². The highest BCUT2D eigenvalue weighted by Gasteiger charge is 2.50. The third kappa shape index (κ3) is 3.36. The Labute approximate surface area is 144 Å². The van der Waals surface area contributed by atoms with E-state index in [1.165, 1.54) is 0 Å². The maximum Gasteiger partial charge on any atom is 0.427 e. The predicted octanol–water partition coefficient (Wildman–Crippen LogP) is 5.72. The predicted molar refractivity (Wildman–Crippen MR) is 93.0 cm³/mol.